The Morgan fingerprint density at radius 3 is 2.65 bits per heavy atom. The van der Waals surface area contributed by atoms with Crippen LogP contribution in [-0.4, -0.2) is 15.0 Å². The Balaban J connectivity index is 2.06. The van der Waals surface area contributed by atoms with Gasteiger partial charge < -0.3 is 5.11 Å². The largest absolute Gasteiger partial charge is 0.387 e. The van der Waals surface area contributed by atoms with Crippen LogP contribution in [0.3, 0.4) is 0 Å². The quantitative estimate of drug-likeness (QED) is 0.667. The Hall–Kier alpha value is -1.79. The number of aliphatic hydroxyl groups is 1. The van der Waals surface area contributed by atoms with E-state index in [1.807, 2.05) is 0 Å². The van der Waals surface area contributed by atoms with Crippen molar-refractivity contribution in [3.63, 3.8) is 0 Å². The lowest BCUT2D eigenvalue weighted by Gasteiger charge is -2.07. The maximum atomic E-state index is 10.5. The van der Waals surface area contributed by atoms with Crippen LogP contribution in [0.25, 0.3) is 0 Å². The molecule has 1 atom stereocenters. The zero-order valence-electron chi connectivity index (χ0n) is 8.81. The van der Waals surface area contributed by atoms with Gasteiger partial charge in [-0.15, -0.1) is 11.3 Å². The Labute approximate surface area is 102 Å². The van der Waals surface area contributed by atoms with Crippen LogP contribution in [0, 0.1) is 10.1 Å². The zero-order chi connectivity index (χ0) is 12.3. The first-order valence-electron chi connectivity index (χ1n) is 4.96. The third-order valence-electron chi connectivity index (χ3n) is 2.36. The van der Waals surface area contributed by atoms with Crippen LogP contribution in [0.1, 0.15) is 16.5 Å². The van der Waals surface area contributed by atoms with Crippen molar-refractivity contribution in [2.24, 2.45) is 0 Å². The molecule has 0 aliphatic heterocycles. The molecule has 0 saturated carbocycles. The van der Waals surface area contributed by atoms with Crippen molar-refractivity contribution in [2.75, 3.05) is 0 Å². The summed E-state index contributed by atoms with van der Waals surface area (Å²) in [5, 5.41) is 20.3. The molecule has 1 N–H and O–H groups in total. The fraction of sp³-hybridized carbons (Fsp3) is 0.182. The number of nitro groups is 1. The van der Waals surface area contributed by atoms with Crippen molar-refractivity contribution in [1.29, 1.82) is 0 Å². The number of nitro benzene ring substituents is 1. The van der Waals surface area contributed by atoms with Gasteiger partial charge in [0.2, 0.25) is 0 Å². The van der Waals surface area contributed by atoms with Gasteiger partial charge in [0.25, 0.3) is 5.69 Å². The van der Waals surface area contributed by atoms with Gasteiger partial charge in [0.15, 0.2) is 0 Å². The number of benzene rings is 1. The van der Waals surface area contributed by atoms with Crippen molar-refractivity contribution >= 4 is 17.0 Å². The smallest absolute Gasteiger partial charge is 0.269 e. The third-order valence-corrected chi connectivity index (χ3v) is 3.23. The molecule has 2 rings (SSSR count). The molecule has 88 valence electrons. The second-order valence-corrected chi connectivity index (χ2v) is 4.47. The van der Waals surface area contributed by atoms with Gasteiger partial charge in [-0.05, 0) is 5.56 Å². The summed E-state index contributed by atoms with van der Waals surface area (Å²) in [6.45, 7) is 0. The van der Waals surface area contributed by atoms with E-state index in [2.05, 4.69) is 4.98 Å². The van der Waals surface area contributed by atoms with Gasteiger partial charge in [-0.3, -0.25) is 15.1 Å². The van der Waals surface area contributed by atoms with E-state index in [0.717, 1.165) is 10.4 Å². The van der Waals surface area contributed by atoms with E-state index in [9.17, 15) is 15.2 Å². The van der Waals surface area contributed by atoms with E-state index in [4.69, 9.17) is 0 Å². The Kier molecular flexibility index (Phi) is 3.46. The minimum absolute atomic E-state index is 0.0565. The minimum atomic E-state index is -0.607. The number of rotatable bonds is 4. The Morgan fingerprint density at radius 2 is 2.12 bits per heavy atom. The first-order valence-corrected chi connectivity index (χ1v) is 5.84. The second kappa shape index (κ2) is 5.03. The number of thiazole rings is 1. The number of aromatic nitrogens is 1. The molecular formula is C11H10N2O3S. The lowest BCUT2D eigenvalue weighted by atomic mass is 10.1. The highest BCUT2D eigenvalue weighted by molar-refractivity contribution is 7.09. The highest BCUT2D eigenvalue weighted by atomic mass is 32.1. The highest BCUT2D eigenvalue weighted by Gasteiger charge is 2.11. The Bertz CT molecular complexity index is 496. The molecule has 0 aliphatic rings. The molecular weight excluding hydrogens is 240 g/mol. The summed E-state index contributed by atoms with van der Waals surface area (Å²) in [5.74, 6) is 0. The molecule has 0 fully saturated rings. The van der Waals surface area contributed by atoms with E-state index in [1.165, 1.54) is 23.5 Å². The van der Waals surface area contributed by atoms with Gasteiger partial charge in [-0.2, -0.15) is 0 Å². The zero-order valence-corrected chi connectivity index (χ0v) is 9.63. The van der Waals surface area contributed by atoms with E-state index in [-0.39, 0.29) is 5.69 Å². The molecule has 1 aromatic carbocycles. The predicted octanol–water partition coefficient (Wildman–Crippen LogP) is 2.33. The average molecular weight is 250 g/mol. The van der Waals surface area contributed by atoms with E-state index >= 15 is 0 Å². The topological polar surface area (TPSA) is 76.3 Å². The van der Waals surface area contributed by atoms with Crippen LogP contribution in [0.15, 0.2) is 36.0 Å². The van der Waals surface area contributed by atoms with Crippen LogP contribution < -0.4 is 0 Å². The molecule has 0 bridgehead atoms. The standard InChI is InChI=1S/C11H10N2O3S/c14-10(11-6-12-7-17-11)5-8-1-3-9(4-2-8)13(15)16/h1-4,6-7,10,14H,5H2. The summed E-state index contributed by atoms with van der Waals surface area (Å²) in [6, 6.07) is 6.19. The average Bonchev–Trinajstić information content (AvgIpc) is 2.83. The number of aliphatic hydroxyl groups excluding tert-OH is 1. The highest BCUT2D eigenvalue weighted by Crippen LogP contribution is 2.22. The molecule has 6 heteroatoms. The molecule has 2 aromatic rings. The van der Waals surface area contributed by atoms with Gasteiger partial charge in [-0.25, -0.2) is 0 Å². The number of hydrogen-bond donors (Lipinski definition) is 1. The van der Waals surface area contributed by atoms with Crippen molar-refractivity contribution < 1.29 is 10.0 Å². The van der Waals surface area contributed by atoms with Gasteiger partial charge in [-0.1, -0.05) is 12.1 Å². The second-order valence-electron chi connectivity index (χ2n) is 3.55. The first-order chi connectivity index (χ1) is 8.16. The fourth-order valence-corrected chi connectivity index (χ4v) is 2.07. The van der Waals surface area contributed by atoms with E-state index in [0.29, 0.717) is 6.42 Å². The SMILES string of the molecule is O=[N+]([O-])c1ccc(CC(O)c2cncs2)cc1. The summed E-state index contributed by atoms with van der Waals surface area (Å²) in [6.07, 6.45) is 1.45. The van der Waals surface area contributed by atoms with Crippen molar-refractivity contribution in [1.82, 2.24) is 4.98 Å². The van der Waals surface area contributed by atoms with Gasteiger partial charge in [0.1, 0.15) is 0 Å². The summed E-state index contributed by atoms with van der Waals surface area (Å²) in [7, 11) is 0. The molecule has 0 radical (unpaired) electrons. The number of hydrogen-bond acceptors (Lipinski definition) is 5. The molecule has 1 unspecified atom stereocenters. The molecule has 0 saturated heterocycles. The van der Waals surface area contributed by atoms with E-state index < -0.39 is 11.0 Å². The van der Waals surface area contributed by atoms with Crippen molar-refractivity contribution in [3.05, 3.63) is 56.5 Å². The lowest BCUT2D eigenvalue weighted by molar-refractivity contribution is -0.384. The van der Waals surface area contributed by atoms with Crippen LogP contribution in [0.4, 0.5) is 5.69 Å². The first kappa shape index (κ1) is 11.7. The summed E-state index contributed by atoms with van der Waals surface area (Å²) in [5.41, 5.74) is 2.58. The third kappa shape index (κ3) is 2.86. The van der Waals surface area contributed by atoms with Gasteiger partial charge in [0.05, 0.1) is 21.4 Å². The molecule has 1 aromatic heterocycles. The lowest BCUT2D eigenvalue weighted by Crippen LogP contribution is -1.99. The molecule has 0 aliphatic carbocycles. The monoisotopic (exact) mass is 250 g/mol. The molecule has 0 amide bonds. The van der Waals surface area contributed by atoms with Crippen LogP contribution in [0.5, 0.6) is 0 Å². The maximum absolute atomic E-state index is 10.5. The number of nitrogens with zero attached hydrogens (tertiary/aromatic N) is 2. The number of non-ortho nitro benzene ring substituents is 1. The van der Waals surface area contributed by atoms with Crippen LogP contribution >= 0.6 is 11.3 Å². The molecule has 5 nitrogen and oxygen atoms in total. The molecule has 17 heavy (non-hydrogen) atoms. The summed E-state index contributed by atoms with van der Waals surface area (Å²) in [4.78, 5) is 14.7. The predicted molar refractivity (Wildman–Crippen MR) is 63.9 cm³/mol. The minimum Gasteiger partial charge on any atom is -0.387 e. The maximum Gasteiger partial charge on any atom is 0.269 e. The Morgan fingerprint density at radius 1 is 1.41 bits per heavy atom. The van der Waals surface area contributed by atoms with E-state index in [1.54, 1.807) is 23.8 Å². The van der Waals surface area contributed by atoms with Crippen molar-refractivity contribution in [2.45, 2.75) is 12.5 Å². The summed E-state index contributed by atoms with van der Waals surface area (Å²) >= 11 is 1.39. The molecule has 0 spiro atoms. The normalized spacial score (nSPS) is 12.3. The fourth-order valence-electron chi connectivity index (χ4n) is 1.47. The molecule has 1 heterocycles. The van der Waals surface area contributed by atoms with Crippen molar-refractivity contribution in [3.8, 4) is 0 Å². The van der Waals surface area contributed by atoms with Gasteiger partial charge in [0, 0.05) is 24.8 Å². The summed E-state index contributed by atoms with van der Waals surface area (Å²) < 4.78 is 0. The van der Waals surface area contributed by atoms with Crippen LogP contribution in [-0.2, 0) is 6.42 Å². The van der Waals surface area contributed by atoms with Crippen LogP contribution in [0.2, 0.25) is 0 Å². The van der Waals surface area contributed by atoms with Gasteiger partial charge >= 0.3 is 0 Å².